The van der Waals surface area contributed by atoms with Crippen molar-refractivity contribution in [3.05, 3.63) is 0 Å². The van der Waals surface area contributed by atoms with Gasteiger partial charge < -0.3 is 10.2 Å². The van der Waals surface area contributed by atoms with Gasteiger partial charge in [0.15, 0.2) is 0 Å². The highest BCUT2D eigenvalue weighted by molar-refractivity contribution is 8.00. The van der Waals surface area contributed by atoms with E-state index < -0.39 is 0 Å². The minimum Gasteiger partial charge on any atom is -0.344 e. The Morgan fingerprint density at radius 1 is 1.47 bits per heavy atom. The molecule has 0 aliphatic carbocycles. The SMILES string of the molecule is CC1SCCC1NC1CCC(=O)N(C)C1. The van der Waals surface area contributed by atoms with Crippen LogP contribution in [0.25, 0.3) is 0 Å². The fourth-order valence-corrected chi connectivity index (χ4v) is 3.61. The van der Waals surface area contributed by atoms with Crippen LogP contribution in [0.2, 0.25) is 0 Å². The molecule has 2 aliphatic heterocycles. The average molecular weight is 228 g/mol. The predicted octanol–water partition coefficient (Wildman–Crippen LogP) is 1.09. The van der Waals surface area contributed by atoms with Crippen LogP contribution in [0.4, 0.5) is 0 Å². The fourth-order valence-electron chi connectivity index (χ4n) is 2.40. The quantitative estimate of drug-likeness (QED) is 0.768. The Hall–Kier alpha value is -0.220. The van der Waals surface area contributed by atoms with Crippen LogP contribution in [-0.2, 0) is 4.79 Å². The van der Waals surface area contributed by atoms with Crippen molar-refractivity contribution in [1.82, 2.24) is 10.2 Å². The molecule has 2 aliphatic rings. The number of likely N-dealkylation sites (N-methyl/N-ethyl adjacent to an activating group) is 1. The van der Waals surface area contributed by atoms with Crippen LogP contribution in [0.5, 0.6) is 0 Å². The molecule has 0 aromatic heterocycles. The Kier molecular flexibility index (Phi) is 3.57. The fraction of sp³-hybridized carbons (Fsp3) is 0.909. The Morgan fingerprint density at radius 3 is 2.87 bits per heavy atom. The van der Waals surface area contributed by atoms with Crippen molar-refractivity contribution in [2.24, 2.45) is 0 Å². The number of amides is 1. The van der Waals surface area contributed by atoms with Gasteiger partial charge in [-0.3, -0.25) is 4.79 Å². The number of carbonyl (C=O) groups excluding carboxylic acids is 1. The number of piperidine rings is 1. The topological polar surface area (TPSA) is 32.3 Å². The molecule has 1 N–H and O–H groups in total. The van der Waals surface area contributed by atoms with Crippen LogP contribution in [0.1, 0.15) is 26.2 Å². The second-order valence-corrected chi connectivity index (χ2v) is 6.13. The maximum atomic E-state index is 11.3. The van der Waals surface area contributed by atoms with E-state index in [1.54, 1.807) is 0 Å². The number of nitrogens with zero attached hydrogens (tertiary/aromatic N) is 1. The van der Waals surface area contributed by atoms with Crippen LogP contribution < -0.4 is 5.32 Å². The summed E-state index contributed by atoms with van der Waals surface area (Å²) >= 11 is 2.05. The van der Waals surface area contributed by atoms with E-state index >= 15 is 0 Å². The van der Waals surface area contributed by atoms with E-state index in [9.17, 15) is 4.79 Å². The molecule has 0 aromatic carbocycles. The Labute approximate surface area is 96.0 Å². The number of carbonyl (C=O) groups is 1. The molecule has 2 rings (SSSR count). The van der Waals surface area contributed by atoms with Gasteiger partial charge in [-0.05, 0) is 18.6 Å². The zero-order valence-corrected chi connectivity index (χ0v) is 10.3. The molecule has 0 aromatic rings. The highest BCUT2D eigenvalue weighted by Crippen LogP contribution is 2.27. The van der Waals surface area contributed by atoms with Crippen LogP contribution in [0.15, 0.2) is 0 Å². The Balaban J connectivity index is 1.82. The van der Waals surface area contributed by atoms with Crippen LogP contribution >= 0.6 is 11.8 Å². The summed E-state index contributed by atoms with van der Waals surface area (Å²) in [5.41, 5.74) is 0. The second-order valence-electron chi connectivity index (χ2n) is 4.65. The zero-order chi connectivity index (χ0) is 10.8. The first-order chi connectivity index (χ1) is 7.16. The summed E-state index contributed by atoms with van der Waals surface area (Å²) in [5.74, 6) is 1.57. The van der Waals surface area contributed by atoms with Gasteiger partial charge in [-0.15, -0.1) is 0 Å². The Bertz CT molecular complexity index is 247. The highest BCUT2D eigenvalue weighted by atomic mass is 32.2. The van der Waals surface area contributed by atoms with Crippen LogP contribution in [0.3, 0.4) is 0 Å². The Morgan fingerprint density at radius 2 is 2.27 bits per heavy atom. The monoisotopic (exact) mass is 228 g/mol. The number of hydrogen-bond acceptors (Lipinski definition) is 3. The molecule has 3 unspecified atom stereocenters. The summed E-state index contributed by atoms with van der Waals surface area (Å²) in [6.07, 6.45) is 3.00. The number of thioether (sulfide) groups is 1. The zero-order valence-electron chi connectivity index (χ0n) is 9.53. The second kappa shape index (κ2) is 4.74. The molecule has 0 spiro atoms. The number of likely N-dealkylation sites (tertiary alicyclic amines) is 1. The molecule has 1 amide bonds. The molecule has 0 radical (unpaired) electrons. The van der Waals surface area contributed by atoms with Gasteiger partial charge in [-0.2, -0.15) is 11.8 Å². The smallest absolute Gasteiger partial charge is 0.222 e. The summed E-state index contributed by atoms with van der Waals surface area (Å²) in [5, 5.41) is 4.43. The van der Waals surface area contributed by atoms with Gasteiger partial charge >= 0.3 is 0 Å². The molecule has 2 fully saturated rings. The van der Waals surface area contributed by atoms with E-state index in [0.717, 1.165) is 18.2 Å². The minimum atomic E-state index is 0.293. The molecular formula is C11H20N2OS. The summed E-state index contributed by atoms with van der Waals surface area (Å²) in [6, 6.07) is 1.17. The maximum absolute atomic E-state index is 11.3. The number of rotatable bonds is 2. The van der Waals surface area contributed by atoms with Crippen molar-refractivity contribution < 1.29 is 4.79 Å². The number of nitrogens with one attached hydrogen (secondary N) is 1. The van der Waals surface area contributed by atoms with Crippen molar-refractivity contribution in [2.75, 3.05) is 19.3 Å². The van der Waals surface area contributed by atoms with Gasteiger partial charge in [-0.25, -0.2) is 0 Å². The largest absolute Gasteiger partial charge is 0.344 e. The lowest BCUT2D eigenvalue weighted by molar-refractivity contribution is -0.132. The lowest BCUT2D eigenvalue weighted by Gasteiger charge is -2.33. The molecule has 2 heterocycles. The van der Waals surface area contributed by atoms with Gasteiger partial charge in [0.2, 0.25) is 5.91 Å². The van der Waals surface area contributed by atoms with E-state index in [2.05, 4.69) is 24.0 Å². The molecule has 3 nitrogen and oxygen atoms in total. The van der Waals surface area contributed by atoms with Gasteiger partial charge in [0.1, 0.15) is 0 Å². The van der Waals surface area contributed by atoms with E-state index in [1.165, 1.54) is 12.2 Å². The van der Waals surface area contributed by atoms with E-state index in [-0.39, 0.29) is 0 Å². The molecule has 15 heavy (non-hydrogen) atoms. The number of hydrogen-bond donors (Lipinski definition) is 1. The van der Waals surface area contributed by atoms with E-state index in [4.69, 9.17) is 0 Å². The lowest BCUT2D eigenvalue weighted by Crippen LogP contribution is -2.51. The van der Waals surface area contributed by atoms with Crippen molar-refractivity contribution in [3.8, 4) is 0 Å². The molecule has 0 saturated carbocycles. The van der Waals surface area contributed by atoms with Gasteiger partial charge in [-0.1, -0.05) is 6.92 Å². The average Bonchev–Trinajstić information content (AvgIpc) is 2.59. The van der Waals surface area contributed by atoms with Gasteiger partial charge in [0.25, 0.3) is 0 Å². The normalized spacial score (nSPS) is 37.3. The predicted molar refractivity (Wildman–Crippen MR) is 64.1 cm³/mol. The van der Waals surface area contributed by atoms with E-state index in [0.29, 0.717) is 24.4 Å². The molecular weight excluding hydrogens is 208 g/mol. The van der Waals surface area contributed by atoms with Crippen molar-refractivity contribution in [1.29, 1.82) is 0 Å². The third-order valence-corrected chi connectivity index (χ3v) is 4.78. The van der Waals surface area contributed by atoms with Crippen molar-refractivity contribution >= 4 is 17.7 Å². The standard InChI is InChI=1S/C11H20N2OS/c1-8-10(5-6-15-8)12-9-3-4-11(14)13(2)7-9/h8-10,12H,3-7H2,1-2H3. The summed E-state index contributed by atoms with van der Waals surface area (Å²) in [6.45, 7) is 3.18. The van der Waals surface area contributed by atoms with Crippen LogP contribution in [0, 0.1) is 0 Å². The summed E-state index contributed by atoms with van der Waals surface area (Å²) in [7, 11) is 1.91. The van der Waals surface area contributed by atoms with Crippen molar-refractivity contribution in [2.45, 2.75) is 43.5 Å². The minimum absolute atomic E-state index is 0.293. The molecule has 4 heteroatoms. The van der Waals surface area contributed by atoms with Crippen LogP contribution in [-0.4, -0.2) is 47.5 Å². The van der Waals surface area contributed by atoms with Gasteiger partial charge in [0, 0.05) is 37.3 Å². The molecule has 3 atom stereocenters. The molecule has 86 valence electrons. The summed E-state index contributed by atoms with van der Waals surface area (Å²) in [4.78, 5) is 13.2. The molecule has 2 saturated heterocycles. The third-order valence-electron chi connectivity index (χ3n) is 3.45. The van der Waals surface area contributed by atoms with E-state index in [1.807, 2.05) is 11.9 Å². The maximum Gasteiger partial charge on any atom is 0.222 e. The third kappa shape index (κ3) is 2.67. The highest BCUT2D eigenvalue weighted by Gasteiger charge is 2.29. The first-order valence-electron chi connectivity index (χ1n) is 5.78. The van der Waals surface area contributed by atoms with Crippen molar-refractivity contribution in [3.63, 3.8) is 0 Å². The first kappa shape index (κ1) is 11.3. The van der Waals surface area contributed by atoms with Gasteiger partial charge in [0.05, 0.1) is 0 Å². The first-order valence-corrected chi connectivity index (χ1v) is 6.83. The molecule has 0 bridgehead atoms. The lowest BCUT2D eigenvalue weighted by atomic mass is 10.0. The summed E-state index contributed by atoms with van der Waals surface area (Å²) < 4.78 is 0.